The molecular formula is C31H29FN4O7. The van der Waals surface area contributed by atoms with E-state index in [1.165, 1.54) is 43.3 Å². The minimum atomic E-state index is -1.57. The van der Waals surface area contributed by atoms with E-state index in [-0.39, 0.29) is 19.4 Å². The van der Waals surface area contributed by atoms with Crippen molar-refractivity contribution < 1.29 is 37.8 Å². The number of rotatable bonds is 8. The van der Waals surface area contributed by atoms with Crippen molar-refractivity contribution in [2.75, 3.05) is 30.9 Å². The summed E-state index contributed by atoms with van der Waals surface area (Å²) in [6.45, 7) is -0.597. The zero-order chi connectivity index (χ0) is 30.7. The summed E-state index contributed by atoms with van der Waals surface area (Å²) in [5, 5.41) is 5.14. The number of carbonyl (C=O) groups excluding carboxylic acids is 5. The number of hydrogen-bond acceptors (Lipinski definition) is 7. The average molecular weight is 589 g/mol. The van der Waals surface area contributed by atoms with Gasteiger partial charge in [-0.25, -0.2) is 18.9 Å². The van der Waals surface area contributed by atoms with Crippen LogP contribution in [0.2, 0.25) is 0 Å². The Kier molecular flexibility index (Phi) is 8.11. The third-order valence-corrected chi connectivity index (χ3v) is 7.49. The number of carbonyl (C=O) groups is 5. The molecule has 1 fully saturated rings. The highest BCUT2D eigenvalue weighted by Gasteiger charge is 2.58. The molecule has 3 aromatic carbocycles. The number of benzene rings is 3. The lowest BCUT2D eigenvalue weighted by molar-refractivity contribution is -0.140. The van der Waals surface area contributed by atoms with Crippen LogP contribution in [0.1, 0.15) is 28.7 Å². The summed E-state index contributed by atoms with van der Waals surface area (Å²) in [4.78, 5) is 66.3. The van der Waals surface area contributed by atoms with Crippen LogP contribution in [-0.4, -0.2) is 55.5 Å². The van der Waals surface area contributed by atoms with Crippen molar-refractivity contribution in [2.45, 2.75) is 31.4 Å². The van der Waals surface area contributed by atoms with Crippen molar-refractivity contribution in [3.63, 3.8) is 0 Å². The minimum absolute atomic E-state index is 0.00690. The molecule has 1 heterocycles. The topological polar surface area (TPSA) is 134 Å². The fourth-order valence-corrected chi connectivity index (χ4v) is 5.31. The fourth-order valence-electron chi connectivity index (χ4n) is 5.31. The van der Waals surface area contributed by atoms with Gasteiger partial charge in [0.25, 0.3) is 5.91 Å². The quantitative estimate of drug-likeness (QED) is 0.384. The summed E-state index contributed by atoms with van der Waals surface area (Å²) in [6, 6.07) is 16.8. The molecule has 0 bridgehead atoms. The van der Waals surface area contributed by atoms with Gasteiger partial charge in [0, 0.05) is 30.4 Å². The number of imide groups is 1. The molecule has 43 heavy (non-hydrogen) atoms. The number of hydrogen-bond donors (Lipinski definition) is 2. The second-order valence-electron chi connectivity index (χ2n) is 10.2. The maximum absolute atomic E-state index is 13.8. The van der Waals surface area contributed by atoms with Gasteiger partial charge >= 0.3 is 18.1 Å². The number of methoxy groups -OCH3 is 1. The predicted octanol–water partition coefficient (Wildman–Crippen LogP) is 3.65. The highest BCUT2D eigenvalue weighted by molar-refractivity contribution is 6.08. The largest absolute Gasteiger partial charge is 0.469 e. The normalized spacial score (nSPS) is 17.0. The molecule has 1 atom stereocenters. The van der Waals surface area contributed by atoms with Crippen LogP contribution in [0.25, 0.3) is 0 Å². The summed E-state index contributed by atoms with van der Waals surface area (Å²) in [5.41, 5.74) is 1.79. The molecule has 2 aliphatic rings. The van der Waals surface area contributed by atoms with Crippen LogP contribution in [-0.2, 0) is 48.8 Å². The number of nitrogens with zero attached hydrogens (tertiary/aromatic N) is 2. The van der Waals surface area contributed by atoms with E-state index in [1.54, 1.807) is 42.5 Å². The number of anilines is 2. The van der Waals surface area contributed by atoms with Crippen LogP contribution >= 0.6 is 0 Å². The molecule has 1 aliphatic heterocycles. The maximum atomic E-state index is 13.8. The van der Waals surface area contributed by atoms with Crippen molar-refractivity contribution >= 4 is 41.3 Å². The van der Waals surface area contributed by atoms with Gasteiger partial charge in [-0.2, -0.15) is 0 Å². The zero-order valence-corrected chi connectivity index (χ0v) is 23.5. The van der Waals surface area contributed by atoms with E-state index in [9.17, 15) is 28.4 Å². The lowest BCUT2D eigenvalue weighted by Gasteiger charge is -2.25. The van der Waals surface area contributed by atoms with Crippen LogP contribution in [0.4, 0.5) is 25.4 Å². The van der Waals surface area contributed by atoms with Gasteiger partial charge in [0.1, 0.15) is 12.4 Å². The first kappa shape index (κ1) is 29.2. The van der Waals surface area contributed by atoms with Crippen molar-refractivity contribution in [1.82, 2.24) is 10.2 Å². The molecule has 11 nitrogen and oxygen atoms in total. The van der Waals surface area contributed by atoms with Crippen molar-refractivity contribution in [3.8, 4) is 0 Å². The van der Waals surface area contributed by atoms with Gasteiger partial charge in [-0.15, -0.1) is 0 Å². The monoisotopic (exact) mass is 588 g/mol. The van der Waals surface area contributed by atoms with E-state index in [0.29, 0.717) is 34.5 Å². The summed E-state index contributed by atoms with van der Waals surface area (Å²) < 4.78 is 24.0. The Morgan fingerprint density at radius 1 is 1.05 bits per heavy atom. The number of halogens is 1. The van der Waals surface area contributed by atoms with Crippen LogP contribution in [0.3, 0.4) is 0 Å². The van der Waals surface area contributed by atoms with Gasteiger partial charge in [-0.3, -0.25) is 14.4 Å². The Hall–Kier alpha value is -5.26. The highest BCUT2D eigenvalue weighted by atomic mass is 19.1. The molecule has 0 unspecified atom stereocenters. The molecular weight excluding hydrogens is 559 g/mol. The van der Waals surface area contributed by atoms with Crippen LogP contribution in [0.15, 0.2) is 66.7 Å². The maximum Gasteiger partial charge on any atom is 0.418 e. The van der Waals surface area contributed by atoms with Crippen molar-refractivity contribution in [3.05, 3.63) is 94.8 Å². The molecule has 1 aliphatic carbocycles. The first-order chi connectivity index (χ1) is 20.6. The molecule has 5 rings (SSSR count). The smallest absolute Gasteiger partial charge is 0.418 e. The van der Waals surface area contributed by atoms with E-state index in [4.69, 9.17) is 9.47 Å². The summed E-state index contributed by atoms with van der Waals surface area (Å²) >= 11 is 0. The molecule has 5 amide bonds. The molecule has 3 aromatic rings. The Balaban J connectivity index is 1.40. The number of ether oxygens (including phenoxy) is 2. The Morgan fingerprint density at radius 3 is 2.53 bits per heavy atom. The second-order valence-corrected chi connectivity index (χ2v) is 10.2. The van der Waals surface area contributed by atoms with Crippen LogP contribution < -0.4 is 15.5 Å². The zero-order valence-electron chi connectivity index (χ0n) is 23.5. The van der Waals surface area contributed by atoms with Gasteiger partial charge < -0.3 is 25.0 Å². The molecule has 0 radical (unpaired) electrons. The van der Waals surface area contributed by atoms with Crippen LogP contribution in [0.5, 0.6) is 0 Å². The molecule has 12 heteroatoms. The van der Waals surface area contributed by atoms with Crippen molar-refractivity contribution in [1.29, 1.82) is 0 Å². The summed E-state index contributed by atoms with van der Waals surface area (Å²) in [6.07, 6.45) is -0.360. The van der Waals surface area contributed by atoms with E-state index < -0.39 is 47.9 Å². The third-order valence-electron chi connectivity index (χ3n) is 7.49. The van der Waals surface area contributed by atoms with Crippen molar-refractivity contribution in [2.24, 2.45) is 0 Å². The van der Waals surface area contributed by atoms with Crippen LogP contribution in [0, 0.1) is 5.82 Å². The van der Waals surface area contributed by atoms with Gasteiger partial charge in [0.15, 0.2) is 0 Å². The first-order valence-electron chi connectivity index (χ1n) is 13.5. The number of fused-ring (bicyclic) bond motifs is 2. The van der Waals surface area contributed by atoms with Gasteiger partial charge in [-0.05, 0) is 59.5 Å². The number of esters is 1. The Labute approximate surface area is 246 Å². The molecule has 1 saturated heterocycles. The highest BCUT2D eigenvalue weighted by Crippen LogP contribution is 2.46. The fraction of sp³-hybridized carbons (Fsp3) is 0.258. The lowest BCUT2D eigenvalue weighted by atomic mass is 9.94. The Bertz CT molecular complexity index is 1610. The standard InChI is InChI=1S/C31H29FN4O7/c1-33-29(40)34-23-10-11-25-21(16-23)12-13-31(25)28(39)36(30(41)43-31)18-26(37)35(17-19-6-8-22(32)9-7-19)24-5-3-4-20(14-24)15-27(38)42-2/h3-11,14,16H,12-13,15,17-18H2,1-2H3,(H2,33,34,40)/t31-/m1/s1. The third kappa shape index (κ3) is 5.89. The summed E-state index contributed by atoms with van der Waals surface area (Å²) in [7, 11) is 2.77. The van der Waals surface area contributed by atoms with Gasteiger partial charge in [0.2, 0.25) is 11.5 Å². The Morgan fingerprint density at radius 2 is 1.81 bits per heavy atom. The minimum Gasteiger partial charge on any atom is -0.469 e. The molecule has 0 saturated carbocycles. The molecule has 222 valence electrons. The average Bonchev–Trinajstić information content (AvgIpc) is 3.48. The van der Waals surface area contributed by atoms with E-state index >= 15 is 0 Å². The van der Waals surface area contributed by atoms with E-state index in [2.05, 4.69) is 10.6 Å². The number of urea groups is 1. The van der Waals surface area contributed by atoms with Gasteiger partial charge in [-0.1, -0.05) is 30.3 Å². The first-order valence-corrected chi connectivity index (χ1v) is 13.5. The lowest BCUT2D eigenvalue weighted by Crippen LogP contribution is -2.44. The predicted molar refractivity (Wildman–Crippen MR) is 152 cm³/mol. The van der Waals surface area contributed by atoms with Gasteiger partial charge in [0.05, 0.1) is 20.1 Å². The van der Waals surface area contributed by atoms with E-state index in [1.807, 2.05) is 0 Å². The second kappa shape index (κ2) is 11.9. The SMILES string of the molecule is CNC(=O)Nc1ccc2c(c1)CC[C@@]21OC(=O)N(CC(=O)N(Cc2ccc(F)cc2)c2cccc(CC(=O)OC)c2)C1=O. The molecule has 0 aromatic heterocycles. The summed E-state index contributed by atoms with van der Waals surface area (Å²) in [5.74, 6) is -2.15. The number of nitrogens with one attached hydrogen (secondary N) is 2. The number of amides is 5. The molecule has 2 N–H and O–H groups in total. The van der Waals surface area contributed by atoms with E-state index in [0.717, 1.165) is 10.5 Å². The molecule has 1 spiro atoms. The number of aryl methyl sites for hydroxylation is 1.